The second-order valence-electron chi connectivity index (χ2n) is 7.06. The van der Waals surface area contributed by atoms with Crippen LogP contribution in [0.4, 0.5) is 0 Å². The zero-order valence-electron chi connectivity index (χ0n) is 14.1. The standard InChI is InChI=1S/C20H24N2O2/c21-14-20(11-2-1-3-12-20)22-19(24)10-9-18(23)17-8-7-15-5-4-6-16(15)13-17/h7-8,13H,1-6,9-12H2,(H,22,24). The Morgan fingerprint density at radius 2 is 1.79 bits per heavy atom. The molecule has 3 rings (SSSR count). The molecular weight excluding hydrogens is 300 g/mol. The minimum Gasteiger partial charge on any atom is -0.338 e. The fourth-order valence-electron chi connectivity index (χ4n) is 3.87. The Balaban J connectivity index is 1.54. The van der Waals surface area contributed by atoms with Crippen molar-refractivity contribution in [3.8, 4) is 6.07 Å². The Kier molecular flexibility index (Phi) is 4.99. The van der Waals surface area contributed by atoms with Gasteiger partial charge >= 0.3 is 0 Å². The lowest BCUT2D eigenvalue weighted by atomic mass is 9.82. The summed E-state index contributed by atoms with van der Waals surface area (Å²) >= 11 is 0. The normalized spacial score (nSPS) is 18.5. The number of nitriles is 1. The molecule has 1 N–H and O–H groups in total. The lowest BCUT2D eigenvalue weighted by Gasteiger charge is -2.31. The molecule has 0 unspecified atom stereocenters. The summed E-state index contributed by atoms with van der Waals surface area (Å²) in [6, 6.07) is 8.19. The van der Waals surface area contributed by atoms with Gasteiger partial charge in [0, 0.05) is 18.4 Å². The fourth-order valence-corrected chi connectivity index (χ4v) is 3.87. The summed E-state index contributed by atoms with van der Waals surface area (Å²) in [5.74, 6) is -0.178. The van der Waals surface area contributed by atoms with Gasteiger partial charge in [-0.3, -0.25) is 9.59 Å². The molecule has 1 aromatic carbocycles. The van der Waals surface area contributed by atoms with Crippen molar-refractivity contribution in [3.05, 3.63) is 34.9 Å². The predicted octanol–water partition coefficient (Wildman–Crippen LogP) is 3.48. The molecule has 1 fully saturated rings. The summed E-state index contributed by atoms with van der Waals surface area (Å²) in [7, 11) is 0. The maximum absolute atomic E-state index is 12.3. The zero-order valence-corrected chi connectivity index (χ0v) is 14.1. The number of hydrogen-bond donors (Lipinski definition) is 1. The van der Waals surface area contributed by atoms with Crippen LogP contribution in [0.25, 0.3) is 0 Å². The van der Waals surface area contributed by atoms with Crippen molar-refractivity contribution >= 4 is 11.7 Å². The van der Waals surface area contributed by atoms with E-state index in [-0.39, 0.29) is 24.5 Å². The quantitative estimate of drug-likeness (QED) is 0.843. The number of amides is 1. The third kappa shape index (κ3) is 3.67. The molecule has 1 saturated carbocycles. The Morgan fingerprint density at radius 1 is 1.04 bits per heavy atom. The van der Waals surface area contributed by atoms with Crippen LogP contribution in [-0.4, -0.2) is 17.2 Å². The van der Waals surface area contributed by atoms with Crippen LogP contribution in [0.3, 0.4) is 0 Å². The van der Waals surface area contributed by atoms with Crippen LogP contribution in [0.5, 0.6) is 0 Å². The summed E-state index contributed by atoms with van der Waals surface area (Å²) in [6.07, 6.45) is 8.16. The number of ketones is 1. The summed E-state index contributed by atoms with van der Waals surface area (Å²) in [6.45, 7) is 0. The summed E-state index contributed by atoms with van der Waals surface area (Å²) in [5, 5.41) is 12.3. The van der Waals surface area contributed by atoms with E-state index < -0.39 is 5.54 Å². The minimum atomic E-state index is -0.716. The van der Waals surface area contributed by atoms with Crippen molar-refractivity contribution in [1.82, 2.24) is 5.32 Å². The largest absolute Gasteiger partial charge is 0.338 e. The molecule has 1 amide bonds. The van der Waals surface area contributed by atoms with Crippen LogP contribution in [0.15, 0.2) is 18.2 Å². The highest BCUT2D eigenvalue weighted by Crippen LogP contribution is 2.28. The molecule has 0 aromatic heterocycles. The number of benzene rings is 1. The Morgan fingerprint density at radius 3 is 2.54 bits per heavy atom. The lowest BCUT2D eigenvalue weighted by molar-refractivity contribution is -0.122. The van der Waals surface area contributed by atoms with Gasteiger partial charge in [-0.25, -0.2) is 0 Å². The first-order valence-electron chi connectivity index (χ1n) is 8.99. The van der Waals surface area contributed by atoms with Crippen molar-refractivity contribution in [1.29, 1.82) is 5.26 Å². The average molecular weight is 324 g/mol. The topological polar surface area (TPSA) is 70.0 Å². The number of rotatable bonds is 5. The number of aryl methyl sites for hydroxylation is 2. The number of carbonyl (C=O) groups is 2. The maximum Gasteiger partial charge on any atom is 0.221 e. The van der Waals surface area contributed by atoms with Crippen molar-refractivity contribution in [2.45, 2.75) is 69.7 Å². The molecule has 0 atom stereocenters. The third-order valence-corrected chi connectivity index (χ3v) is 5.30. The Bertz CT molecular complexity index is 681. The molecule has 24 heavy (non-hydrogen) atoms. The van der Waals surface area contributed by atoms with E-state index in [2.05, 4.69) is 11.4 Å². The minimum absolute atomic E-state index is 0.00880. The SMILES string of the molecule is N#CC1(NC(=O)CCC(=O)c2ccc3c(c2)CCC3)CCCCC1. The summed E-state index contributed by atoms with van der Waals surface area (Å²) in [5.41, 5.74) is 2.61. The van der Waals surface area contributed by atoms with Gasteiger partial charge in [0.1, 0.15) is 5.54 Å². The smallest absolute Gasteiger partial charge is 0.221 e. The van der Waals surface area contributed by atoms with E-state index in [4.69, 9.17) is 0 Å². The van der Waals surface area contributed by atoms with Gasteiger partial charge in [-0.2, -0.15) is 5.26 Å². The van der Waals surface area contributed by atoms with Gasteiger partial charge in [0.25, 0.3) is 0 Å². The second kappa shape index (κ2) is 7.17. The molecule has 0 radical (unpaired) electrons. The molecule has 2 aliphatic carbocycles. The van der Waals surface area contributed by atoms with Gasteiger partial charge in [0.2, 0.25) is 5.91 Å². The van der Waals surface area contributed by atoms with Crippen molar-refractivity contribution in [2.24, 2.45) is 0 Å². The van der Waals surface area contributed by atoms with Crippen molar-refractivity contribution in [2.75, 3.05) is 0 Å². The van der Waals surface area contributed by atoms with Crippen LogP contribution in [0, 0.1) is 11.3 Å². The number of Topliss-reactive ketones (excluding diaryl/α,β-unsaturated/α-hetero) is 1. The van der Waals surface area contributed by atoms with Crippen LogP contribution in [0.2, 0.25) is 0 Å². The molecule has 4 heteroatoms. The predicted molar refractivity (Wildman–Crippen MR) is 91.6 cm³/mol. The number of nitrogens with one attached hydrogen (secondary N) is 1. The molecule has 0 bridgehead atoms. The highest BCUT2D eigenvalue weighted by molar-refractivity contribution is 5.98. The van der Waals surface area contributed by atoms with Gasteiger partial charge in [0.05, 0.1) is 6.07 Å². The van der Waals surface area contributed by atoms with E-state index in [1.807, 2.05) is 18.2 Å². The molecule has 0 spiro atoms. The van der Waals surface area contributed by atoms with Crippen molar-refractivity contribution in [3.63, 3.8) is 0 Å². The third-order valence-electron chi connectivity index (χ3n) is 5.30. The van der Waals surface area contributed by atoms with E-state index >= 15 is 0 Å². The zero-order chi connectivity index (χ0) is 17.0. The monoisotopic (exact) mass is 324 g/mol. The number of carbonyl (C=O) groups excluding carboxylic acids is 2. The first-order chi connectivity index (χ1) is 11.6. The summed E-state index contributed by atoms with van der Waals surface area (Å²) < 4.78 is 0. The molecule has 0 saturated heterocycles. The van der Waals surface area contributed by atoms with Gasteiger partial charge < -0.3 is 5.32 Å². The van der Waals surface area contributed by atoms with Gasteiger partial charge in [-0.15, -0.1) is 0 Å². The van der Waals surface area contributed by atoms with Gasteiger partial charge in [0.15, 0.2) is 5.78 Å². The van der Waals surface area contributed by atoms with E-state index in [9.17, 15) is 14.9 Å². The summed E-state index contributed by atoms with van der Waals surface area (Å²) in [4.78, 5) is 24.5. The Hall–Kier alpha value is -2.15. The van der Waals surface area contributed by atoms with Crippen LogP contribution >= 0.6 is 0 Å². The molecule has 0 aliphatic heterocycles. The highest BCUT2D eigenvalue weighted by atomic mass is 16.2. The Labute approximate surface area is 143 Å². The van der Waals surface area contributed by atoms with Crippen molar-refractivity contribution < 1.29 is 9.59 Å². The van der Waals surface area contributed by atoms with E-state index in [1.165, 1.54) is 11.1 Å². The fraction of sp³-hybridized carbons (Fsp3) is 0.550. The molecule has 4 nitrogen and oxygen atoms in total. The highest BCUT2D eigenvalue weighted by Gasteiger charge is 2.33. The van der Waals surface area contributed by atoms with Crippen LogP contribution < -0.4 is 5.32 Å². The van der Waals surface area contributed by atoms with Crippen LogP contribution in [-0.2, 0) is 17.6 Å². The molecule has 2 aliphatic rings. The van der Waals surface area contributed by atoms with Crippen LogP contribution in [0.1, 0.15) is 72.9 Å². The number of fused-ring (bicyclic) bond motifs is 1. The van der Waals surface area contributed by atoms with E-state index in [0.29, 0.717) is 18.4 Å². The molecular formula is C20H24N2O2. The molecule has 1 aromatic rings. The molecule has 126 valence electrons. The van der Waals surface area contributed by atoms with Gasteiger partial charge in [-0.05, 0) is 49.3 Å². The number of hydrogen-bond acceptors (Lipinski definition) is 3. The van der Waals surface area contributed by atoms with E-state index in [0.717, 1.165) is 38.5 Å². The average Bonchev–Trinajstić information content (AvgIpc) is 3.08. The van der Waals surface area contributed by atoms with Gasteiger partial charge in [-0.1, -0.05) is 31.4 Å². The first-order valence-corrected chi connectivity index (χ1v) is 8.99. The number of nitrogens with zero attached hydrogens (tertiary/aromatic N) is 1. The maximum atomic E-state index is 12.3. The second-order valence-corrected chi connectivity index (χ2v) is 7.06. The first kappa shape index (κ1) is 16.7. The lowest BCUT2D eigenvalue weighted by Crippen LogP contribution is -2.48. The van der Waals surface area contributed by atoms with E-state index in [1.54, 1.807) is 0 Å². The molecule has 0 heterocycles.